The van der Waals surface area contributed by atoms with Gasteiger partial charge in [-0.2, -0.15) is 5.10 Å². The molecule has 5 nitrogen and oxygen atoms in total. The first-order chi connectivity index (χ1) is 11.8. The Bertz CT molecular complexity index is 915. The summed E-state index contributed by atoms with van der Waals surface area (Å²) in [5.41, 5.74) is 3.59. The Labute approximate surface area is 139 Å². The molecule has 1 aliphatic heterocycles. The molecule has 120 valence electrons. The molecule has 24 heavy (non-hydrogen) atoms. The maximum absolute atomic E-state index is 12.0. The van der Waals surface area contributed by atoms with Crippen molar-refractivity contribution in [2.75, 3.05) is 12.1 Å². The molecule has 1 atom stereocenters. The number of benzene rings is 2. The summed E-state index contributed by atoms with van der Waals surface area (Å²) in [6.45, 7) is 0. The zero-order valence-corrected chi connectivity index (χ0v) is 13.3. The molecule has 1 unspecified atom stereocenters. The number of fused-ring (bicyclic) bond motifs is 1. The van der Waals surface area contributed by atoms with Gasteiger partial charge in [-0.15, -0.1) is 0 Å². The summed E-state index contributed by atoms with van der Waals surface area (Å²) >= 11 is 0. The molecule has 0 spiro atoms. The van der Waals surface area contributed by atoms with Gasteiger partial charge in [0.1, 0.15) is 5.71 Å². The molecular formula is C19H17N3O2. The minimum absolute atomic E-state index is 0.0438. The van der Waals surface area contributed by atoms with E-state index in [0.717, 1.165) is 22.2 Å². The van der Waals surface area contributed by atoms with Crippen molar-refractivity contribution in [1.29, 1.82) is 0 Å². The monoisotopic (exact) mass is 319 g/mol. The molecular weight excluding hydrogens is 302 g/mol. The Kier molecular flexibility index (Phi) is 3.54. The SMILES string of the molecule is COC(=O)C1=NN(c2ccccc2)C(c2c[nH]c3ccccc23)C1. The number of rotatable bonds is 3. The first-order valence-corrected chi connectivity index (χ1v) is 7.84. The molecule has 0 radical (unpaired) electrons. The van der Waals surface area contributed by atoms with Gasteiger partial charge in [0.05, 0.1) is 18.8 Å². The molecule has 1 aromatic heterocycles. The summed E-state index contributed by atoms with van der Waals surface area (Å²) in [6, 6.07) is 18.0. The van der Waals surface area contributed by atoms with Gasteiger partial charge in [-0.25, -0.2) is 4.79 Å². The molecule has 0 saturated carbocycles. The number of H-pyrrole nitrogens is 1. The third kappa shape index (κ3) is 2.34. The highest BCUT2D eigenvalue weighted by Gasteiger charge is 2.34. The summed E-state index contributed by atoms with van der Waals surface area (Å²) in [6.07, 6.45) is 2.52. The van der Waals surface area contributed by atoms with Crippen LogP contribution < -0.4 is 5.01 Å². The normalized spacial score (nSPS) is 17.1. The Morgan fingerprint density at radius 3 is 2.71 bits per heavy atom. The molecule has 4 rings (SSSR count). The third-order valence-corrected chi connectivity index (χ3v) is 4.33. The van der Waals surface area contributed by atoms with Crippen LogP contribution in [0.3, 0.4) is 0 Å². The molecule has 0 saturated heterocycles. The Morgan fingerprint density at radius 1 is 1.17 bits per heavy atom. The van der Waals surface area contributed by atoms with Gasteiger partial charge in [-0.05, 0) is 18.2 Å². The van der Waals surface area contributed by atoms with Gasteiger partial charge in [0.15, 0.2) is 0 Å². The van der Waals surface area contributed by atoms with E-state index in [1.54, 1.807) is 0 Å². The fourth-order valence-corrected chi connectivity index (χ4v) is 3.18. The first-order valence-electron chi connectivity index (χ1n) is 7.84. The quantitative estimate of drug-likeness (QED) is 0.750. The number of hydrogen-bond acceptors (Lipinski definition) is 4. The molecule has 0 fully saturated rings. The molecule has 0 amide bonds. The fraction of sp³-hybridized carbons (Fsp3) is 0.158. The number of anilines is 1. The predicted octanol–water partition coefficient (Wildman–Crippen LogP) is 3.65. The topological polar surface area (TPSA) is 57.7 Å². The van der Waals surface area contributed by atoms with Crippen LogP contribution in [0.25, 0.3) is 10.9 Å². The lowest BCUT2D eigenvalue weighted by molar-refractivity contribution is -0.132. The molecule has 2 aromatic carbocycles. The zero-order chi connectivity index (χ0) is 16.5. The summed E-state index contributed by atoms with van der Waals surface area (Å²) in [4.78, 5) is 15.3. The Balaban J connectivity index is 1.80. The van der Waals surface area contributed by atoms with Crippen molar-refractivity contribution in [3.05, 3.63) is 66.4 Å². The van der Waals surface area contributed by atoms with Crippen molar-refractivity contribution >= 4 is 28.3 Å². The van der Waals surface area contributed by atoms with Crippen molar-refractivity contribution in [1.82, 2.24) is 4.98 Å². The van der Waals surface area contributed by atoms with E-state index in [-0.39, 0.29) is 12.0 Å². The maximum Gasteiger partial charge on any atom is 0.354 e. The van der Waals surface area contributed by atoms with Crippen LogP contribution in [0, 0.1) is 0 Å². The number of carbonyl (C=O) groups excluding carboxylic acids is 1. The molecule has 3 aromatic rings. The maximum atomic E-state index is 12.0. The van der Waals surface area contributed by atoms with E-state index < -0.39 is 0 Å². The van der Waals surface area contributed by atoms with Crippen molar-refractivity contribution in [3.8, 4) is 0 Å². The van der Waals surface area contributed by atoms with Crippen LogP contribution in [-0.2, 0) is 9.53 Å². The summed E-state index contributed by atoms with van der Waals surface area (Å²) in [7, 11) is 1.39. The number of aromatic nitrogens is 1. The van der Waals surface area contributed by atoms with Gasteiger partial charge < -0.3 is 9.72 Å². The Morgan fingerprint density at radius 2 is 1.92 bits per heavy atom. The van der Waals surface area contributed by atoms with E-state index in [1.165, 1.54) is 7.11 Å². The van der Waals surface area contributed by atoms with E-state index >= 15 is 0 Å². The smallest absolute Gasteiger partial charge is 0.354 e. The van der Waals surface area contributed by atoms with Gasteiger partial charge >= 0.3 is 5.97 Å². The van der Waals surface area contributed by atoms with Gasteiger partial charge in [0, 0.05) is 29.1 Å². The van der Waals surface area contributed by atoms with Crippen LogP contribution in [-0.4, -0.2) is 23.8 Å². The van der Waals surface area contributed by atoms with Crippen molar-refractivity contribution < 1.29 is 9.53 Å². The van der Waals surface area contributed by atoms with Crippen LogP contribution in [0.15, 0.2) is 65.9 Å². The van der Waals surface area contributed by atoms with Crippen LogP contribution in [0.1, 0.15) is 18.0 Å². The van der Waals surface area contributed by atoms with E-state index in [9.17, 15) is 4.79 Å². The van der Waals surface area contributed by atoms with Crippen molar-refractivity contribution in [3.63, 3.8) is 0 Å². The van der Waals surface area contributed by atoms with Gasteiger partial charge in [0.2, 0.25) is 0 Å². The highest BCUT2D eigenvalue weighted by molar-refractivity contribution is 6.37. The highest BCUT2D eigenvalue weighted by atomic mass is 16.5. The lowest BCUT2D eigenvalue weighted by Crippen LogP contribution is -2.18. The second-order valence-corrected chi connectivity index (χ2v) is 5.73. The number of methoxy groups -OCH3 is 1. The van der Waals surface area contributed by atoms with Crippen LogP contribution in [0.4, 0.5) is 5.69 Å². The number of hydrogen-bond donors (Lipinski definition) is 1. The van der Waals surface area contributed by atoms with Crippen molar-refractivity contribution in [2.24, 2.45) is 5.10 Å². The largest absolute Gasteiger partial charge is 0.464 e. The number of carbonyl (C=O) groups is 1. The van der Waals surface area contributed by atoms with Crippen LogP contribution in [0.5, 0.6) is 0 Å². The number of nitrogens with one attached hydrogen (secondary N) is 1. The van der Waals surface area contributed by atoms with E-state index in [4.69, 9.17) is 4.74 Å². The summed E-state index contributed by atoms with van der Waals surface area (Å²) in [5.74, 6) is -0.377. The number of nitrogens with zero attached hydrogens (tertiary/aromatic N) is 2. The van der Waals surface area contributed by atoms with E-state index in [1.807, 2.05) is 59.7 Å². The second-order valence-electron chi connectivity index (χ2n) is 5.73. The molecule has 1 N–H and O–H groups in total. The number of hydrazone groups is 1. The lowest BCUT2D eigenvalue weighted by Gasteiger charge is -2.23. The minimum Gasteiger partial charge on any atom is -0.464 e. The molecule has 0 bridgehead atoms. The second kappa shape index (κ2) is 5.85. The zero-order valence-electron chi connectivity index (χ0n) is 13.3. The average Bonchev–Trinajstić information content (AvgIpc) is 3.26. The van der Waals surface area contributed by atoms with E-state index in [0.29, 0.717) is 12.1 Å². The summed E-state index contributed by atoms with van der Waals surface area (Å²) in [5, 5.41) is 7.58. The molecule has 2 heterocycles. The highest BCUT2D eigenvalue weighted by Crippen LogP contribution is 2.38. The van der Waals surface area contributed by atoms with Crippen molar-refractivity contribution in [2.45, 2.75) is 12.5 Å². The molecule has 1 aliphatic rings. The average molecular weight is 319 g/mol. The number of esters is 1. The van der Waals surface area contributed by atoms with Gasteiger partial charge in [-0.3, -0.25) is 5.01 Å². The number of aromatic amines is 1. The Hall–Kier alpha value is -3.08. The lowest BCUT2D eigenvalue weighted by atomic mass is 10.0. The van der Waals surface area contributed by atoms with Crippen LogP contribution in [0.2, 0.25) is 0 Å². The predicted molar refractivity (Wildman–Crippen MR) is 94.0 cm³/mol. The first kappa shape index (κ1) is 14.5. The molecule has 5 heteroatoms. The fourth-order valence-electron chi connectivity index (χ4n) is 3.18. The third-order valence-electron chi connectivity index (χ3n) is 4.33. The molecule has 0 aliphatic carbocycles. The number of ether oxygens (including phenoxy) is 1. The minimum atomic E-state index is -0.377. The number of para-hydroxylation sites is 2. The van der Waals surface area contributed by atoms with Gasteiger partial charge in [0.25, 0.3) is 0 Å². The van der Waals surface area contributed by atoms with E-state index in [2.05, 4.69) is 16.2 Å². The standard InChI is InChI=1S/C19H17N3O2/c1-24-19(23)17-11-18(22(21-17)13-7-3-2-4-8-13)15-12-20-16-10-6-5-9-14(15)16/h2-10,12,18,20H,11H2,1H3. The summed E-state index contributed by atoms with van der Waals surface area (Å²) < 4.78 is 4.87. The van der Waals surface area contributed by atoms with Gasteiger partial charge in [-0.1, -0.05) is 36.4 Å². The van der Waals surface area contributed by atoms with Crippen LogP contribution >= 0.6 is 0 Å².